The van der Waals surface area contributed by atoms with Crippen molar-refractivity contribution >= 4 is 23.5 Å². The maximum absolute atomic E-state index is 13.0. The molecule has 0 saturated carbocycles. The average Bonchev–Trinajstić information content (AvgIpc) is 2.89. The van der Waals surface area contributed by atoms with E-state index in [0.717, 1.165) is 5.56 Å². The monoisotopic (exact) mass is 335 g/mol. The molecule has 25 heavy (non-hydrogen) atoms. The van der Waals surface area contributed by atoms with Gasteiger partial charge in [0.15, 0.2) is 0 Å². The Hall–Kier alpha value is -3.15. The number of carbonyl (C=O) groups excluding carboxylic acids is 3. The molecule has 1 atom stereocenters. The van der Waals surface area contributed by atoms with Gasteiger partial charge < -0.3 is 10.2 Å². The molecular formula is C19H17N3O3. The number of hydrogen-bond acceptors (Lipinski definition) is 3. The molecule has 4 amide bonds. The van der Waals surface area contributed by atoms with Crippen molar-refractivity contribution in [3.05, 3.63) is 65.2 Å². The fourth-order valence-electron chi connectivity index (χ4n) is 3.61. The lowest BCUT2D eigenvalue weighted by Crippen LogP contribution is -2.52. The topological polar surface area (TPSA) is 78.5 Å². The maximum atomic E-state index is 13.0. The number of benzene rings is 2. The Morgan fingerprint density at radius 1 is 1.12 bits per heavy atom. The summed E-state index contributed by atoms with van der Waals surface area (Å²) < 4.78 is 0. The van der Waals surface area contributed by atoms with Crippen LogP contribution in [0.5, 0.6) is 0 Å². The lowest BCUT2D eigenvalue weighted by Gasteiger charge is -2.39. The van der Waals surface area contributed by atoms with E-state index in [9.17, 15) is 14.4 Å². The van der Waals surface area contributed by atoms with Crippen molar-refractivity contribution in [2.24, 2.45) is 0 Å². The van der Waals surface area contributed by atoms with E-state index in [2.05, 4.69) is 10.6 Å². The van der Waals surface area contributed by atoms with E-state index < -0.39 is 11.6 Å². The van der Waals surface area contributed by atoms with Gasteiger partial charge in [-0.15, -0.1) is 0 Å². The lowest BCUT2D eigenvalue weighted by atomic mass is 9.82. The predicted octanol–water partition coefficient (Wildman–Crippen LogP) is 2.08. The van der Waals surface area contributed by atoms with Crippen molar-refractivity contribution in [1.29, 1.82) is 0 Å². The number of hydrogen-bond donors (Lipinski definition) is 2. The zero-order valence-corrected chi connectivity index (χ0v) is 13.7. The summed E-state index contributed by atoms with van der Waals surface area (Å²) in [5.74, 6) is -0.483. The van der Waals surface area contributed by atoms with Gasteiger partial charge in [0.05, 0.1) is 5.69 Å². The Morgan fingerprint density at radius 3 is 2.64 bits per heavy atom. The number of nitrogens with zero attached hydrogens (tertiary/aromatic N) is 1. The minimum Gasteiger partial charge on any atom is -0.319 e. The Labute approximate surface area is 144 Å². The number of amides is 4. The number of carbonyl (C=O) groups is 3. The highest BCUT2D eigenvalue weighted by atomic mass is 16.2. The van der Waals surface area contributed by atoms with Gasteiger partial charge in [0, 0.05) is 24.1 Å². The largest absolute Gasteiger partial charge is 0.322 e. The highest BCUT2D eigenvalue weighted by Gasteiger charge is 2.51. The summed E-state index contributed by atoms with van der Waals surface area (Å²) in [7, 11) is 0. The molecule has 2 N–H and O–H groups in total. The van der Waals surface area contributed by atoms with Gasteiger partial charge in [-0.25, -0.2) is 4.79 Å². The Balaban J connectivity index is 1.78. The van der Waals surface area contributed by atoms with Gasteiger partial charge in [0.25, 0.3) is 11.8 Å². The summed E-state index contributed by atoms with van der Waals surface area (Å²) in [4.78, 5) is 38.8. The van der Waals surface area contributed by atoms with Crippen LogP contribution in [0, 0.1) is 6.92 Å². The molecule has 0 aromatic heterocycles. The quantitative estimate of drug-likeness (QED) is 0.783. The van der Waals surface area contributed by atoms with Crippen molar-refractivity contribution in [1.82, 2.24) is 10.6 Å². The van der Waals surface area contributed by atoms with E-state index in [0.29, 0.717) is 29.8 Å². The first-order valence-corrected chi connectivity index (χ1v) is 8.13. The second-order valence-electron chi connectivity index (χ2n) is 6.41. The van der Waals surface area contributed by atoms with Gasteiger partial charge in [-0.2, -0.15) is 0 Å². The molecule has 0 aliphatic carbocycles. The van der Waals surface area contributed by atoms with Crippen LogP contribution in [-0.2, 0) is 10.3 Å². The molecule has 2 aliphatic heterocycles. The van der Waals surface area contributed by atoms with Crippen molar-refractivity contribution in [2.75, 3.05) is 11.4 Å². The van der Waals surface area contributed by atoms with E-state index in [1.165, 1.54) is 0 Å². The first kappa shape index (κ1) is 15.4. The molecule has 2 aromatic rings. The zero-order valence-electron chi connectivity index (χ0n) is 13.7. The summed E-state index contributed by atoms with van der Waals surface area (Å²) in [6.07, 6.45) is 0.332. The molecular weight excluding hydrogens is 318 g/mol. The second-order valence-corrected chi connectivity index (χ2v) is 6.41. The van der Waals surface area contributed by atoms with Crippen LogP contribution in [0.25, 0.3) is 0 Å². The van der Waals surface area contributed by atoms with E-state index in [1.54, 1.807) is 23.1 Å². The second kappa shape index (κ2) is 5.44. The highest BCUT2D eigenvalue weighted by molar-refractivity contribution is 6.11. The van der Waals surface area contributed by atoms with Crippen LogP contribution in [0.4, 0.5) is 10.5 Å². The van der Waals surface area contributed by atoms with Crippen LogP contribution >= 0.6 is 0 Å². The molecule has 1 unspecified atom stereocenters. The normalized spacial score (nSPS) is 21.7. The molecule has 2 aliphatic rings. The number of rotatable bonds is 1. The molecule has 4 rings (SSSR count). The van der Waals surface area contributed by atoms with Crippen LogP contribution in [0.3, 0.4) is 0 Å². The summed E-state index contributed by atoms with van der Waals surface area (Å²) >= 11 is 0. The number of fused-ring (bicyclic) bond motifs is 2. The van der Waals surface area contributed by atoms with Gasteiger partial charge in [-0.1, -0.05) is 35.9 Å². The molecule has 6 nitrogen and oxygen atoms in total. The number of imide groups is 1. The summed E-state index contributed by atoms with van der Waals surface area (Å²) in [6, 6.07) is 14.1. The molecule has 0 bridgehead atoms. The standard InChI is InChI=1S/C19H17N3O3/c1-12-5-4-6-13(11-12)16(23)22-10-9-19(17(24)20-18(25)21-19)14-7-2-3-8-15(14)22/h2-8,11H,9-10H2,1H3,(H2,20,21,24,25). The molecule has 1 saturated heterocycles. The van der Waals surface area contributed by atoms with E-state index in [4.69, 9.17) is 0 Å². The third-order valence-corrected chi connectivity index (χ3v) is 4.82. The lowest BCUT2D eigenvalue weighted by molar-refractivity contribution is -0.124. The first-order chi connectivity index (χ1) is 12.0. The summed E-state index contributed by atoms with van der Waals surface area (Å²) in [5.41, 5.74) is 1.81. The van der Waals surface area contributed by atoms with Gasteiger partial charge in [-0.3, -0.25) is 14.9 Å². The van der Waals surface area contributed by atoms with Gasteiger partial charge >= 0.3 is 6.03 Å². The number of nitrogens with one attached hydrogen (secondary N) is 2. The minimum absolute atomic E-state index is 0.115. The van der Waals surface area contributed by atoms with E-state index in [1.807, 2.05) is 37.3 Å². The van der Waals surface area contributed by atoms with Gasteiger partial charge in [0.2, 0.25) is 0 Å². The fourth-order valence-corrected chi connectivity index (χ4v) is 3.61. The minimum atomic E-state index is -1.10. The molecule has 0 radical (unpaired) electrons. The zero-order chi connectivity index (χ0) is 17.6. The summed E-state index contributed by atoms with van der Waals surface area (Å²) in [6.45, 7) is 2.28. The van der Waals surface area contributed by atoms with Crippen molar-refractivity contribution < 1.29 is 14.4 Å². The molecule has 126 valence electrons. The molecule has 6 heteroatoms. The molecule has 2 aromatic carbocycles. The van der Waals surface area contributed by atoms with Gasteiger partial charge in [0.1, 0.15) is 5.54 Å². The Kier molecular flexibility index (Phi) is 3.35. The van der Waals surface area contributed by atoms with Crippen LogP contribution in [0.2, 0.25) is 0 Å². The number of anilines is 1. The number of para-hydroxylation sites is 1. The van der Waals surface area contributed by atoms with Crippen LogP contribution < -0.4 is 15.5 Å². The SMILES string of the molecule is Cc1cccc(C(=O)N2CCC3(NC(=O)NC3=O)c3ccccc32)c1. The Morgan fingerprint density at radius 2 is 1.92 bits per heavy atom. The number of urea groups is 1. The maximum Gasteiger partial charge on any atom is 0.322 e. The predicted molar refractivity (Wildman–Crippen MR) is 92.3 cm³/mol. The van der Waals surface area contributed by atoms with Crippen molar-refractivity contribution in [2.45, 2.75) is 18.9 Å². The van der Waals surface area contributed by atoms with Crippen molar-refractivity contribution in [3.8, 4) is 0 Å². The van der Waals surface area contributed by atoms with Crippen LogP contribution in [0.15, 0.2) is 48.5 Å². The third kappa shape index (κ3) is 2.29. The van der Waals surface area contributed by atoms with Crippen LogP contribution in [0.1, 0.15) is 27.9 Å². The van der Waals surface area contributed by atoms with Crippen molar-refractivity contribution in [3.63, 3.8) is 0 Å². The van der Waals surface area contributed by atoms with Crippen LogP contribution in [-0.4, -0.2) is 24.4 Å². The highest BCUT2D eigenvalue weighted by Crippen LogP contribution is 2.40. The Bertz CT molecular complexity index is 908. The van der Waals surface area contributed by atoms with Gasteiger partial charge in [-0.05, 0) is 25.1 Å². The molecule has 1 fully saturated rings. The third-order valence-electron chi connectivity index (χ3n) is 4.82. The fraction of sp³-hybridized carbons (Fsp3) is 0.211. The smallest absolute Gasteiger partial charge is 0.319 e. The first-order valence-electron chi connectivity index (χ1n) is 8.13. The summed E-state index contributed by atoms with van der Waals surface area (Å²) in [5, 5.41) is 5.06. The average molecular weight is 335 g/mol. The molecule has 2 heterocycles. The molecule has 1 spiro atoms. The number of aryl methyl sites for hydroxylation is 1. The van der Waals surface area contributed by atoms with E-state index in [-0.39, 0.29) is 11.8 Å². The van der Waals surface area contributed by atoms with E-state index >= 15 is 0 Å².